The molecule has 0 bridgehead atoms. The molecule has 70 valence electrons. The standard InChI is InChI=1S/C9H10Cl2N2/c10-8-2-5(3-9(11)13-8)7-1-6(7)4-12/h2-3,6-7H,1,4,12H2. The van der Waals surface area contributed by atoms with Crippen molar-refractivity contribution in [1.82, 2.24) is 4.98 Å². The predicted octanol–water partition coefficient (Wildman–Crippen LogP) is 2.45. The highest BCUT2D eigenvalue weighted by molar-refractivity contribution is 6.32. The maximum Gasteiger partial charge on any atom is 0.131 e. The van der Waals surface area contributed by atoms with Crippen LogP contribution in [0.2, 0.25) is 10.3 Å². The van der Waals surface area contributed by atoms with Gasteiger partial charge < -0.3 is 5.73 Å². The Morgan fingerprint density at radius 3 is 2.46 bits per heavy atom. The summed E-state index contributed by atoms with van der Waals surface area (Å²) in [6.45, 7) is 0.738. The number of nitrogens with two attached hydrogens (primary N) is 1. The molecule has 2 nitrogen and oxygen atoms in total. The Balaban J connectivity index is 2.22. The molecule has 1 saturated carbocycles. The van der Waals surface area contributed by atoms with Crippen LogP contribution in [-0.2, 0) is 0 Å². The normalized spacial score (nSPS) is 26.1. The fourth-order valence-electron chi connectivity index (χ4n) is 1.61. The van der Waals surface area contributed by atoms with E-state index >= 15 is 0 Å². The van der Waals surface area contributed by atoms with Crippen LogP contribution in [0.15, 0.2) is 12.1 Å². The third kappa shape index (κ3) is 1.96. The molecule has 0 spiro atoms. The van der Waals surface area contributed by atoms with Crippen LogP contribution in [0.4, 0.5) is 0 Å². The van der Waals surface area contributed by atoms with E-state index in [-0.39, 0.29) is 0 Å². The van der Waals surface area contributed by atoms with Crippen molar-refractivity contribution < 1.29 is 0 Å². The number of hydrogen-bond donors (Lipinski definition) is 1. The van der Waals surface area contributed by atoms with E-state index in [9.17, 15) is 0 Å². The minimum absolute atomic E-state index is 0.463. The molecule has 0 aromatic carbocycles. The van der Waals surface area contributed by atoms with E-state index in [4.69, 9.17) is 28.9 Å². The lowest BCUT2D eigenvalue weighted by Gasteiger charge is -2.00. The van der Waals surface area contributed by atoms with Crippen molar-refractivity contribution in [3.63, 3.8) is 0 Å². The molecule has 1 aliphatic carbocycles. The number of rotatable bonds is 2. The van der Waals surface area contributed by atoms with Crippen LogP contribution in [0.5, 0.6) is 0 Å². The summed E-state index contributed by atoms with van der Waals surface area (Å²) in [7, 11) is 0. The van der Waals surface area contributed by atoms with Crippen LogP contribution in [0.1, 0.15) is 17.9 Å². The van der Waals surface area contributed by atoms with E-state index in [0.29, 0.717) is 22.1 Å². The second-order valence-electron chi connectivity index (χ2n) is 3.38. The van der Waals surface area contributed by atoms with Gasteiger partial charge in [-0.2, -0.15) is 0 Å². The zero-order chi connectivity index (χ0) is 9.42. The first-order valence-corrected chi connectivity index (χ1v) is 4.99. The highest BCUT2D eigenvalue weighted by Gasteiger charge is 2.37. The smallest absolute Gasteiger partial charge is 0.131 e. The van der Waals surface area contributed by atoms with Gasteiger partial charge >= 0.3 is 0 Å². The van der Waals surface area contributed by atoms with Crippen molar-refractivity contribution in [2.45, 2.75) is 12.3 Å². The summed E-state index contributed by atoms with van der Waals surface area (Å²) in [4.78, 5) is 3.89. The number of hydrogen-bond acceptors (Lipinski definition) is 2. The number of aromatic nitrogens is 1. The fourth-order valence-corrected chi connectivity index (χ4v) is 2.09. The van der Waals surface area contributed by atoms with E-state index in [1.807, 2.05) is 12.1 Å². The van der Waals surface area contributed by atoms with Gasteiger partial charge in [-0.25, -0.2) is 4.98 Å². The van der Waals surface area contributed by atoms with Crippen LogP contribution in [0.25, 0.3) is 0 Å². The molecule has 1 heterocycles. The minimum atomic E-state index is 0.463. The van der Waals surface area contributed by atoms with Gasteiger partial charge in [0.15, 0.2) is 0 Å². The van der Waals surface area contributed by atoms with Crippen LogP contribution < -0.4 is 5.73 Å². The quantitative estimate of drug-likeness (QED) is 0.772. The average molecular weight is 217 g/mol. The third-order valence-corrected chi connectivity index (χ3v) is 2.83. The van der Waals surface area contributed by atoms with E-state index < -0.39 is 0 Å². The lowest BCUT2D eigenvalue weighted by atomic mass is 10.1. The second kappa shape index (κ2) is 3.45. The summed E-state index contributed by atoms with van der Waals surface area (Å²) in [6, 6.07) is 3.74. The first-order valence-electron chi connectivity index (χ1n) is 4.23. The Hall–Kier alpha value is -0.310. The lowest BCUT2D eigenvalue weighted by Crippen LogP contribution is -2.02. The molecule has 0 amide bonds. The summed E-state index contributed by atoms with van der Waals surface area (Å²) in [5.74, 6) is 1.15. The molecule has 1 aliphatic rings. The number of halogens is 2. The third-order valence-electron chi connectivity index (χ3n) is 2.44. The summed E-state index contributed by atoms with van der Waals surface area (Å²) in [6.07, 6.45) is 1.15. The largest absolute Gasteiger partial charge is 0.330 e. The molecule has 2 rings (SSSR count). The summed E-state index contributed by atoms with van der Waals surface area (Å²) < 4.78 is 0. The van der Waals surface area contributed by atoms with Gasteiger partial charge in [0.2, 0.25) is 0 Å². The van der Waals surface area contributed by atoms with Crippen molar-refractivity contribution in [3.05, 3.63) is 28.0 Å². The molecule has 4 heteroatoms. The van der Waals surface area contributed by atoms with Gasteiger partial charge in [-0.15, -0.1) is 0 Å². The summed E-state index contributed by atoms with van der Waals surface area (Å²) in [5.41, 5.74) is 6.72. The van der Waals surface area contributed by atoms with Crippen LogP contribution in [-0.4, -0.2) is 11.5 Å². The Morgan fingerprint density at radius 2 is 2.00 bits per heavy atom. The molecular weight excluding hydrogens is 207 g/mol. The zero-order valence-corrected chi connectivity index (χ0v) is 8.52. The second-order valence-corrected chi connectivity index (χ2v) is 4.16. The van der Waals surface area contributed by atoms with Gasteiger partial charge in [-0.3, -0.25) is 0 Å². The highest BCUT2D eigenvalue weighted by atomic mass is 35.5. The Labute approximate surface area is 87.1 Å². The van der Waals surface area contributed by atoms with E-state index in [0.717, 1.165) is 13.0 Å². The first kappa shape index (κ1) is 9.25. The molecule has 1 aromatic heterocycles. The van der Waals surface area contributed by atoms with Gasteiger partial charge in [-0.05, 0) is 42.5 Å². The fraction of sp³-hybridized carbons (Fsp3) is 0.444. The molecule has 0 saturated heterocycles. The monoisotopic (exact) mass is 216 g/mol. The molecule has 1 fully saturated rings. The lowest BCUT2D eigenvalue weighted by molar-refractivity contribution is 0.809. The number of nitrogens with zero attached hydrogens (tertiary/aromatic N) is 1. The molecule has 1 aromatic rings. The zero-order valence-electron chi connectivity index (χ0n) is 7.00. The van der Waals surface area contributed by atoms with Crippen LogP contribution >= 0.6 is 23.2 Å². The molecule has 13 heavy (non-hydrogen) atoms. The molecule has 0 aliphatic heterocycles. The average Bonchev–Trinajstić information content (AvgIpc) is 2.80. The SMILES string of the molecule is NCC1CC1c1cc(Cl)nc(Cl)c1. The maximum absolute atomic E-state index is 5.79. The Kier molecular flexibility index (Phi) is 2.45. The van der Waals surface area contributed by atoms with Crippen molar-refractivity contribution in [1.29, 1.82) is 0 Å². The van der Waals surface area contributed by atoms with Gasteiger partial charge in [-0.1, -0.05) is 23.2 Å². The van der Waals surface area contributed by atoms with E-state index in [1.165, 1.54) is 5.56 Å². The van der Waals surface area contributed by atoms with Crippen LogP contribution in [0, 0.1) is 5.92 Å². The van der Waals surface area contributed by atoms with Gasteiger partial charge in [0.05, 0.1) is 0 Å². The maximum atomic E-state index is 5.79. The summed E-state index contributed by atoms with van der Waals surface area (Å²) >= 11 is 11.6. The van der Waals surface area contributed by atoms with E-state index in [2.05, 4.69) is 4.98 Å². The van der Waals surface area contributed by atoms with Crippen LogP contribution in [0.3, 0.4) is 0 Å². The van der Waals surface area contributed by atoms with E-state index in [1.54, 1.807) is 0 Å². The Bertz CT molecular complexity index is 307. The topological polar surface area (TPSA) is 38.9 Å². The first-order chi connectivity index (χ1) is 6.20. The minimum Gasteiger partial charge on any atom is -0.330 e. The molecule has 0 radical (unpaired) electrons. The molecule has 2 N–H and O–H groups in total. The van der Waals surface area contributed by atoms with Crippen molar-refractivity contribution in [2.24, 2.45) is 11.7 Å². The summed E-state index contributed by atoms with van der Waals surface area (Å²) in [5, 5.41) is 0.926. The Morgan fingerprint density at radius 1 is 1.38 bits per heavy atom. The molecule has 2 atom stereocenters. The molecular formula is C9H10Cl2N2. The van der Waals surface area contributed by atoms with Gasteiger partial charge in [0.1, 0.15) is 10.3 Å². The van der Waals surface area contributed by atoms with Gasteiger partial charge in [0.25, 0.3) is 0 Å². The van der Waals surface area contributed by atoms with Crippen molar-refractivity contribution >= 4 is 23.2 Å². The highest BCUT2D eigenvalue weighted by Crippen LogP contribution is 2.47. The predicted molar refractivity (Wildman–Crippen MR) is 54.2 cm³/mol. The molecule has 2 unspecified atom stereocenters. The van der Waals surface area contributed by atoms with Gasteiger partial charge in [0, 0.05) is 0 Å². The van der Waals surface area contributed by atoms with Crippen molar-refractivity contribution in [2.75, 3.05) is 6.54 Å². The number of pyridine rings is 1. The van der Waals surface area contributed by atoms with Crippen molar-refractivity contribution in [3.8, 4) is 0 Å².